The number of rotatable bonds is 4. The van der Waals surface area contributed by atoms with Crippen molar-refractivity contribution in [2.75, 3.05) is 20.7 Å². The van der Waals surface area contributed by atoms with Crippen LogP contribution in [0.25, 0.3) is 5.70 Å². The molecule has 1 saturated heterocycles. The van der Waals surface area contributed by atoms with Crippen LogP contribution in [-0.4, -0.2) is 36.9 Å². The Morgan fingerprint density at radius 3 is 2.89 bits per heavy atom. The third-order valence-corrected chi connectivity index (χ3v) is 3.75. The fourth-order valence-electron chi connectivity index (χ4n) is 2.40. The van der Waals surface area contributed by atoms with Gasteiger partial charge in [0.2, 0.25) is 0 Å². The topological polar surface area (TPSA) is 44.7 Å². The predicted octanol–water partition coefficient (Wildman–Crippen LogP) is 2.67. The molecule has 104 valence electrons. The quantitative estimate of drug-likeness (QED) is 0.891. The molecule has 19 heavy (non-hydrogen) atoms. The van der Waals surface area contributed by atoms with Crippen LogP contribution in [0.15, 0.2) is 18.7 Å². The summed E-state index contributed by atoms with van der Waals surface area (Å²) >= 11 is 6.08. The van der Waals surface area contributed by atoms with E-state index in [1.165, 1.54) is 7.11 Å². The van der Waals surface area contributed by atoms with E-state index >= 15 is 0 Å². The average molecular weight is 283 g/mol. The highest BCUT2D eigenvalue weighted by molar-refractivity contribution is 6.32. The number of methoxy groups -OCH3 is 1. The summed E-state index contributed by atoms with van der Waals surface area (Å²) in [6.07, 6.45) is 2.44. The lowest BCUT2D eigenvalue weighted by Gasteiger charge is -2.24. The summed E-state index contributed by atoms with van der Waals surface area (Å²) in [6.45, 7) is 5.06. The second-order valence-corrected chi connectivity index (χ2v) is 5.14. The van der Waals surface area contributed by atoms with Gasteiger partial charge in [-0.1, -0.05) is 18.2 Å². The molecule has 2 rings (SSSR count). The lowest BCUT2D eigenvalue weighted by atomic mass is 10.1. The zero-order chi connectivity index (χ0) is 14.0. The first kappa shape index (κ1) is 14.0. The number of phenols is 1. The Morgan fingerprint density at radius 2 is 2.32 bits per heavy atom. The number of nitrogens with zero attached hydrogens (tertiary/aromatic N) is 1. The van der Waals surface area contributed by atoms with E-state index in [1.54, 1.807) is 12.1 Å². The molecule has 0 saturated carbocycles. The third-order valence-electron chi connectivity index (χ3n) is 3.45. The maximum absolute atomic E-state index is 10.0. The molecule has 1 fully saturated rings. The standard InChI is InChI=1S/C14H19ClN2O2/c1-9(16-12-5-4-8-17(12)2)13-11(18)7-6-10(15)14(13)19-3/h6-7,12,16,18H,1,4-5,8H2,2-3H3. The van der Waals surface area contributed by atoms with E-state index in [0.29, 0.717) is 22.0 Å². The Hall–Kier alpha value is -1.39. The molecular weight excluding hydrogens is 264 g/mol. The van der Waals surface area contributed by atoms with Gasteiger partial charge in [0.1, 0.15) is 11.5 Å². The molecular formula is C14H19ClN2O2. The van der Waals surface area contributed by atoms with Gasteiger partial charge in [-0.3, -0.25) is 4.90 Å². The predicted molar refractivity (Wildman–Crippen MR) is 77.5 cm³/mol. The molecule has 5 heteroatoms. The van der Waals surface area contributed by atoms with Crippen LogP contribution in [0.2, 0.25) is 5.02 Å². The van der Waals surface area contributed by atoms with Gasteiger partial charge in [0, 0.05) is 5.70 Å². The molecule has 1 aliphatic heterocycles. The summed E-state index contributed by atoms with van der Waals surface area (Å²) in [7, 11) is 3.59. The molecule has 1 aromatic carbocycles. The van der Waals surface area contributed by atoms with Crippen LogP contribution in [-0.2, 0) is 0 Å². The van der Waals surface area contributed by atoms with Crippen molar-refractivity contribution in [3.8, 4) is 11.5 Å². The van der Waals surface area contributed by atoms with Crippen molar-refractivity contribution in [1.82, 2.24) is 10.2 Å². The summed E-state index contributed by atoms with van der Waals surface area (Å²) in [4.78, 5) is 2.22. The fraction of sp³-hybridized carbons (Fsp3) is 0.429. The summed E-state index contributed by atoms with van der Waals surface area (Å²) in [6, 6.07) is 3.15. The molecule has 0 spiro atoms. The van der Waals surface area contributed by atoms with Crippen molar-refractivity contribution in [3.63, 3.8) is 0 Å². The number of aromatic hydroxyl groups is 1. The van der Waals surface area contributed by atoms with E-state index in [1.807, 2.05) is 0 Å². The van der Waals surface area contributed by atoms with Crippen LogP contribution in [0, 0.1) is 0 Å². The monoisotopic (exact) mass is 282 g/mol. The van der Waals surface area contributed by atoms with Gasteiger partial charge in [-0.15, -0.1) is 0 Å². The summed E-state index contributed by atoms with van der Waals surface area (Å²) in [5, 5.41) is 13.8. The molecule has 0 radical (unpaired) electrons. The number of benzene rings is 1. The lowest BCUT2D eigenvalue weighted by Crippen LogP contribution is -2.37. The molecule has 1 unspecified atom stereocenters. The molecule has 1 aliphatic rings. The highest BCUT2D eigenvalue weighted by Crippen LogP contribution is 2.38. The van der Waals surface area contributed by atoms with Crippen molar-refractivity contribution in [2.45, 2.75) is 19.0 Å². The molecule has 0 aromatic heterocycles. The Balaban J connectivity index is 2.25. The molecule has 1 heterocycles. The minimum Gasteiger partial charge on any atom is -0.507 e. The second-order valence-electron chi connectivity index (χ2n) is 4.74. The Bertz CT molecular complexity index is 491. The number of hydrogen-bond acceptors (Lipinski definition) is 4. The minimum absolute atomic E-state index is 0.111. The molecule has 1 atom stereocenters. The first-order chi connectivity index (χ1) is 9.04. The van der Waals surface area contributed by atoms with Crippen LogP contribution in [0.3, 0.4) is 0 Å². The highest BCUT2D eigenvalue weighted by atomic mass is 35.5. The Kier molecular flexibility index (Phi) is 4.22. The van der Waals surface area contributed by atoms with Gasteiger partial charge >= 0.3 is 0 Å². The van der Waals surface area contributed by atoms with Gasteiger partial charge in [-0.05, 0) is 38.6 Å². The fourth-order valence-corrected chi connectivity index (χ4v) is 2.64. The smallest absolute Gasteiger partial charge is 0.150 e. The molecule has 2 N–H and O–H groups in total. The minimum atomic E-state index is 0.111. The Labute approximate surface area is 118 Å². The lowest BCUT2D eigenvalue weighted by molar-refractivity contribution is 0.290. The number of nitrogens with one attached hydrogen (secondary N) is 1. The zero-order valence-electron chi connectivity index (χ0n) is 11.2. The molecule has 0 aliphatic carbocycles. The van der Waals surface area contributed by atoms with Gasteiger partial charge in [0.05, 0.1) is 23.9 Å². The van der Waals surface area contributed by atoms with E-state index in [-0.39, 0.29) is 11.9 Å². The number of likely N-dealkylation sites (tertiary alicyclic amines) is 1. The number of phenolic OH excluding ortho intramolecular Hbond substituents is 1. The van der Waals surface area contributed by atoms with Gasteiger partial charge in [-0.25, -0.2) is 0 Å². The van der Waals surface area contributed by atoms with E-state index in [9.17, 15) is 5.11 Å². The van der Waals surface area contributed by atoms with Crippen LogP contribution in [0.4, 0.5) is 0 Å². The summed E-state index contributed by atoms with van der Waals surface area (Å²) < 4.78 is 5.26. The van der Waals surface area contributed by atoms with Crippen molar-refractivity contribution in [3.05, 3.63) is 29.3 Å². The SMILES string of the molecule is C=C(NC1CCCN1C)c1c(O)ccc(Cl)c1OC. The third kappa shape index (κ3) is 2.80. The maximum atomic E-state index is 10.0. The largest absolute Gasteiger partial charge is 0.507 e. The van der Waals surface area contributed by atoms with E-state index in [4.69, 9.17) is 16.3 Å². The average Bonchev–Trinajstić information content (AvgIpc) is 2.77. The van der Waals surface area contributed by atoms with Crippen LogP contribution < -0.4 is 10.1 Å². The second kappa shape index (κ2) is 5.72. The maximum Gasteiger partial charge on any atom is 0.150 e. The van der Waals surface area contributed by atoms with Crippen LogP contribution in [0.1, 0.15) is 18.4 Å². The van der Waals surface area contributed by atoms with E-state index < -0.39 is 0 Å². The van der Waals surface area contributed by atoms with E-state index in [0.717, 1.165) is 19.4 Å². The summed E-state index contributed by atoms with van der Waals surface area (Å²) in [5.41, 5.74) is 1.14. The summed E-state index contributed by atoms with van der Waals surface area (Å²) in [5.74, 6) is 0.555. The van der Waals surface area contributed by atoms with Crippen molar-refractivity contribution in [1.29, 1.82) is 0 Å². The molecule has 1 aromatic rings. The molecule has 4 nitrogen and oxygen atoms in total. The number of hydrogen-bond donors (Lipinski definition) is 2. The Morgan fingerprint density at radius 1 is 1.58 bits per heavy atom. The van der Waals surface area contributed by atoms with Crippen molar-refractivity contribution < 1.29 is 9.84 Å². The first-order valence-corrected chi connectivity index (χ1v) is 6.64. The van der Waals surface area contributed by atoms with Gasteiger partial charge in [0.25, 0.3) is 0 Å². The van der Waals surface area contributed by atoms with Gasteiger partial charge < -0.3 is 15.2 Å². The van der Waals surface area contributed by atoms with Gasteiger partial charge in [0.15, 0.2) is 0 Å². The molecule has 0 amide bonds. The normalized spacial score (nSPS) is 19.4. The number of ether oxygens (including phenoxy) is 1. The van der Waals surface area contributed by atoms with Crippen LogP contribution in [0.5, 0.6) is 11.5 Å². The van der Waals surface area contributed by atoms with E-state index in [2.05, 4.69) is 23.8 Å². The molecule has 0 bridgehead atoms. The number of halogens is 1. The first-order valence-electron chi connectivity index (χ1n) is 6.26. The van der Waals surface area contributed by atoms with Gasteiger partial charge in [-0.2, -0.15) is 0 Å². The van der Waals surface area contributed by atoms with Crippen molar-refractivity contribution >= 4 is 17.3 Å². The zero-order valence-corrected chi connectivity index (χ0v) is 12.0. The van der Waals surface area contributed by atoms with Crippen molar-refractivity contribution in [2.24, 2.45) is 0 Å². The van der Waals surface area contributed by atoms with Crippen LogP contribution >= 0.6 is 11.6 Å². The highest BCUT2D eigenvalue weighted by Gasteiger charge is 2.23.